The predicted molar refractivity (Wildman–Crippen MR) is 161 cm³/mol. The van der Waals surface area contributed by atoms with E-state index in [1.165, 1.54) is 6.07 Å². The molecule has 2 amide bonds. The highest BCUT2D eigenvalue weighted by Gasteiger charge is 2.35. The molecule has 16 heteroatoms. The first kappa shape index (κ1) is 35.1. The fourth-order valence-corrected chi connectivity index (χ4v) is 4.89. The van der Waals surface area contributed by atoms with Gasteiger partial charge in [-0.15, -0.1) is 0 Å². The lowest BCUT2D eigenvalue weighted by molar-refractivity contribution is -0.137. The number of alkyl halides is 3. The molecule has 0 saturated heterocycles. The largest absolute Gasteiger partial charge is 0.416 e. The minimum Gasteiger partial charge on any atom is -0.384 e. The van der Waals surface area contributed by atoms with Gasteiger partial charge >= 0.3 is 6.18 Å². The van der Waals surface area contributed by atoms with Crippen molar-refractivity contribution in [2.75, 3.05) is 12.4 Å². The van der Waals surface area contributed by atoms with Crippen LogP contribution in [0.4, 0.5) is 27.8 Å². The normalized spacial score (nSPS) is 14.4. The van der Waals surface area contributed by atoms with Crippen LogP contribution in [0.3, 0.4) is 0 Å². The van der Waals surface area contributed by atoms with E-state index in [1.54, 1.807) is 20.0 Å². The number of pyridine rings is 1. The van der Waals surface area contributed by atoms with Crippen molar-refractivity contribution < 1.29 is 41.4 Å². The fraction of sp³-hybridized carbons (Fsp3) is 0.258. The Hall–Kier alpha value is -4.73. The molecule has 0 bridgehead atoms. The number of carbonyl (C=O) groups is 3. The molecule has 4 aromatic rings. The maximum absolute atomic E-state index is 13.9. The summed E-state index contributed by atoms with van der Waals surface area (Å²) in [6.07, 6.45) is -2.82. The van der Waals surface area contributed by atoms with Gasteiger partial charge in [0.15, 0.2) is 17.9 Å². The Morgan fingerprint density at radius 2 is 1.85 bits per heavy atom. The van der Waals surface area contributed by atoms with Crippen LogP contribution in [0.2, 0.25) is 5.02 Å². The number of anilines is 1. The van der Waals surface area contributed by atoms with Crippen molar-refractivity contribution in [2.24, 2.45) is 0 Å². The summed E-state index contributed by atoms with van der Waals surface area (Å²) in [4.78, 5) is 44.6. The second-order valence-corrected chi connectivity index (χ2v) is 11.3. The number of hydrogen-bond acceptors (Lipinski definition) is 7. The van der Waals surface area contributed by atoms with Gasteiger partial charge in [-0.05, 0) is 68.9 Å². The van der Waals surface area contributed by atoms with Gasteiger partial charge in [-0.25, -0.2) is 13.8 Å². The predicted octanol–water partition coefficient (Wildman–Crippen LogP) is 5.15. The van der Waals surface area contributed by atoms with Crippen LogP contribution in [-0.4, -0.2) is 44.8 Å². The summed E-state index contributed by atoms with van der Waals surface area (Å²) in [6, 6.07) is 7.28. The quantitative estimate of drug-likeness (QED) is 0.157. The van der Waals surface area contributed by atoms with Crippen molar-refractivity contribution >= 4 is 35.5 Å². The summed E-state index contributed by atoms with van der Waals surface area (Å²) in [5.41, 5.74) is -0.971. The summed E-state index contributed by atoms with van der Waals surface area (Å²) in [5.74, 6) is -4.31. The van der Waals surface area contributed by atoms with Crippen LogP contribution >= 0.6 is 11.6 Å². The monoisotopic (exact) mass is 678 g/mol. The second kappa shape index (κ2) is 13.9. The van der Waals surface area contributed by atoms with Crippen molar-refractivity contribution in [1.29, 1.82) is 0 Å². The van der Waals surface area contributed by atoms with Gasteiger partial charge in [0.05, 0.1) is 23.0 Å². The van der Waals surface area contributed by atoms with E-state index in [4.69, 9.17) is 11.6 Å². The van der Waals surface area contributed by atoms with Crippen LogP contribution in [-0.2, 0) is 29.7 Å². The third-order valence-corrected chi connectivity index (χ3v) is 7.19. The number of nitrogens with zero attached hydrogens (tertiary/aromatic N) is 3. The first-order chi connectivity index (χ1) is 22.0. The van der Waals surface area contributed by atoms with E-state index < -0.39 is 52.4 Å². The zero-order valence-corrected chi connectivity index (χ0v) is 25.8. The molecule has 0 fully saturated rings. The van der Waals surface area contributed by atoms with Gasteiger partial charge in [0.1, 0.15) is 23.8 Å². The molecule has 0 unspecified atom stereocenters. The smallest absolute Gasteiger partial charge is 0.384 e. The van der Waals surface area contributed by atoms with Gasteiger partial charge in [0.25, 0.3) is 5.91 Å². The summed E-state index contributed by atoms with van der Waals surface area (Å²) >= 11 is 6.16. The van der Waals surface area contributed by atoms with Crippen molar-refractivity contribution in [3.8, 4) is 0 Å². The number of fused-ring (bicyclic) bond motifs is 1. The molecule has 0 aliphatic carbocycles. The molecular weight excluding hydrogens is 651 g/mol. The number of halogens is 6. The molecule has 0 spiro atoms. The lowest BCUT2D eigenvalue weighted by atomic mass is 10.0. The molecule has 0 saturated carbocycles. The van der Waals surface area contributed by atoms with Crippen LogP contribution in [0.5, 0.6) is 0 Å². The average Bonchev–Trinajstić information content (AvgIpc) is 3.34. The summed E-state index contributed by atoms with van der Waals surface area (Å²) in [7, 11) is 1.89. The molecule has 5 rings (SSSR count). The Bertz CT molecular complexity index is 1810. The minimum absolute atomic E-state index is 0.0231. The number of hydrogen-bond donors (Lipinski definition) is 4. The highest BCUT2D eigenvalue weighted by atomic mass is 35.5. The Balaban J connectivity index is 0.000000323. The molecule has 10 nitrogen and oxygen atoms in total. The van der Waals surface area contributed by atoms with E-state index in [0.29, 0.717) is 24.1 Å². The third kappa shape index (κ3) is 8.36. The zero-order valence-electron chi connectivity index (χ0n) is 25.0. The maximum Gasteiger partial charge on any atom is 0.416 e. The average molecular weight is 679 g/mol. The Morgan fingerprint density at radius 3 is 2.45 bits per heavy atom. The lowest BCUT2D eigenvalue weighted by Gasteiger charge is -2.27. The number of nitrogens with one attached hydrogen (secondary N) is 3. The highest BCUT2D eigenvalue weighted by Crippen LogP contribution is 2.36. The topological polar surface area (TPSA) is 138 Å². The number of aromatic nitrogens is 3. The molecule has 1 atom stereocenters. The van der Waals surface area contributed by atoms with Crippen LogP contribution in [0.25, 0.3) is 0 Å². The fourth-order valence-electron chi connectivity index (χ4n) is 4.66. The molecule has 4 N–H and O–H groups in total. The van der Waals surface area contributed by atoms with Gasteiger partial charge in [-0.1, -0.05) is 17.7 Å². The molecule has 0 radical (unpaired) electrons. The lowest BCUT2D eigenvalue weighted by Crippen LogP contribution is -2.40. The Morgan fingerprint density at radius 1 is 1.13 bits per heavy atom. The van der Waals surface area contributed by atoms with Gasteiger partial charge < -0.3 is 25.6 Å². The van der Waals surface area contributed by atoms with Crippen LogP contribution in [0.15, 0.2) is 54.7 Å². The van der Waals surface area contributed by atoms with E-state index in [9.17, 15) is 41.4 Å². The summed E-state index contributed by atoms with van der Waals surface area (Å²) in [5, 5.41) is 17.5. The van der Waals surface area contributed by atoms with E-state index in [1.807, 2.05) is 19.2 Å². The maximum atomic E-state index is 13.9. The van der Waals surface area contributed by atoms with E-state index >= 15 is 0 Å². The first-order valence-electron chi connectivity index (χ1n) is 13.8. The van der Waals surface area contributed by atoms with Crippen LogP contribution in [0, 0.1) is 11.6 Å². The third-order valence-electron chi connectivity index (χ3n) is 6.84. The van der Waals surface area contributed by atoms with Crippen LogP contribution in [0.1, 0.15) is 68.9 Å². The molecule has 2 aromatic heterocycles. The highest BCUT2D eigenvalue weighted by molar-refractivity contribution is 6.31. The van der Waals surface area contributed by atoms with Crippen LogP contribution < -0.4 is 16.0 Å². The number of benzene rings is 2. The molecule has 1 aliphatic rings. The van der Waals surface area contributed by atoms with Gasteiger partial charge in [0.2, 0.25) is 5.91 Å². The molecule has 47 heavy (non-hydrogen) atoms. The zero-order chi connectivity index (χ0) is 34.7. The van der Waals surface area contributed by atoms with E-state index in [2.05, 4.69) is 25.9 Å². The molecular formula is C31H28ClF5N6O4. The molecule has 248 valence electrons. The van der Waals surface area contributed by atoms with Crippen molar-refractivity contribution in [2.45, 2.75) is 44.8 Å². The molecule has 1 aliphatic heterocycles. The van der Waals surface area contributed by atoms with Gasteiger partial charge in [-0.3, -0.25) is 19.4 Å². The minimum atomic E-state index is -4.90. The van der Waals surface area contributed by atoms with E-state index in [0.717, 1.165) is 28.8 Å². The SMILES string of the molecule is CNCc1ccc(C(C)(C)O)nc1.O=Cc1nc(NC(=O)c2cc(F)cc(C(F)(F)F)c2)c2n1CC(=O)N[C@H]2c1cc(F)ccc1Cl. The van der Waals surface area contributed by atoms with Gasteiger partial charge in [-0.2, -0.15) is 13.2 Å². The standard InChI is InChI=1S/C21H12ClF5N4O3.C10H16N2O/c22-14-2-1-11(23)6-13(14)17-18-19(28-15(8-32)31(18)7-16(33)29-17)30-20(34)9-3-10(21(25,26)27)5-12(24)4-9;1-10(2,13)9-5-4-8(6-11-3)7-12-9/h1-6,8,17H,7H2,(H,29,33)(H,30,34);4-5,7,11,13H,6H2,1-3H3/t17-;/m0./s1. The number of amides is 2. The first-order valence-corrected chi connectivity index (χ1v) is 14.2. The number of carbonyl (C=O) groups excluding carboxylic acids is 3. The van der Waals surface area contributed by atoms with Gasteiger partial charge in [0, 0.05) is 28.9 Å². The van der Waals surface area contributed by atoms with Crippen molar-refractivity contribution in [3.63, 3.8) is 0 Å². The Kier molecular flexibility index (Phi) is 10.4. The summed E-state index contributed by atoms with van der Waals surface area (Å²) < 4.78 is 67.9. The number of aliphatic hydroxyl groups is 1. The number of imidazole rings is 1. The van der Waals surface area contributed by atoms with Crippen molar-refractivity contribution in [1.82, 2.24) is 25.2 Å². The Labute approximate surface area is 270 Å². The molecule has 2 aromatic carbocycles. The summed E-state index contributed by atoms with van der Waals surface area (Å²) in [6.45, 7) is 3.88. The second-order valence-electron chi connectivity index (χ2n) is 10.9. The van der Waals surface area contributed by atoms with Crippen molar-refractivity contribution in [3.05, 3.63) is 111 Å². The number of aldehydes is 1. The number of rotatable bonds is 7. The van der Waals surface area contributed by atoms with E-state index in [-0.39, 0.29) is 40.5 Å². The molecule has 3 heterocycles.